The van der Waals surface area contributed by atoms with Crippen molar-refractivity contribution in [1.29, 1.82) is 0 Å². The fourth-order valence-electron chi connectivity index (χ4n) is 2.99. The van der Waals surface area contributed by atoms with Gasteiger partial charge in [-0.2, -0.15) is 5.10 Å². The topological polar surface area (TPSA) is 67.2 Å². The Morgan fingerprint density at radius 3 is 2.78 bits per heavy atom. The van der Waals surface area contributed by atoms with Crippen molar-refractivity contribution < 1.29 is 9.90 Å². The molecule has 1 aliphatic carbocycles. The first-order valence-corrected chi connectivity index (χ1v) is 8.05. The smallest absolute Gasteiger partial charge is 0.251 e. The summed E-state index contributed by atoms with van der Waals surface area (Å²) < 4.78 is 1.72. The summed E-state index contributed by atoms with van der Waals surface area (Å²) in [7, 11) is 1.85. The van der Waals surface area contributed by atoms with E-state index in [0.29, 0.717) is 23.4 Å². The fourth-order valence-corrected chi connectivity index (χ4v) is 3.10. The SMILES string of the molecule is Cc1cc(C(=O)N[C@@H](c2cnn(C)c2)C2CC(O)C2)ccc1Cl. The third kappa shape index (κ3) is 3.41. The summed E-state index contributed by atoms with van der Waals surface area (Å²) in [6.45, 7) is 1.87. The molecule has 1 saturated carbocycles. The van der Waals surface area contributed by atoms with E-state index in [-0.39, 0.29) is 24.0 Å². The molecule has 5 nitrogen and oxygen atoms in total. The number of rotatable bonds is 4. The van der Waals surface area contributed by atoms with Crippen LogP contribution >= 0.6 is 11.6 Å². The first-order valence-electron chi connectivity index (χ1n) is 7.67. The van der Waals surface area contributed by atoms with Crippen molar-refractivity contribution in [3.05, 3.63) is 52.3 Å². The van der Waals surface area contributed by atoms with Crippen molar-refractivity contribution in [2.45, 2.75) is 31.9 Å². The number of nitrogens with one attached hydrogen (secondary N) is 1. The predicted molar refractivity (Wildman–Crippen MR) is 88.3 cm³/mol. The number of halogens is 1. The van der Waals surface area contributed by atoms with Crippen molar-refractivity contribution in [3.63, 3.8) is 0 Å². The highest BCUT2D eigenvalue weighted by Crippen LogP contribution is 2.38. The summed E-state index contributed by atoms with van der Waals surface area (Å²) in [5.41, 5.74) is 2.42. The van der Waals surface area contributed by atoms with Gasteiger partial charge in [0, 0.05) is 29.4 Å². The Morgan fingerprint density at radius 1 is 1.48 bits per heavy atom. The van der Waals surface area contributed by atoms with Gasteiger partial charge in [-0.3, -0.25) is 9.48 Å². The van der Waals surface area contributed by atoms with Gasteiger partial charge in [0.05, 0.1) is 18.3 Å². The van der Waals surface area contributed by atoms with E-state index in [2.05, 4.69) is 10.4 Å². The molecule has 2 N–H and O–H groups in total. The largest absolute Gasteiger partial charge is 0.393 e. The Kier molecular flexibility index (Phi) is 4.41. The number of aliphatic hydroxyl groups excluding tert-OH is 1. The van der Waals surface area contributed by atoms with Crippen LogP contribution in [0.25, 0.3) is 0 Å². The maximum absolute atomic E-state index is 12.6. The lowest BCUT2D eigenvalue weighted by atomic mass is 9.75. The average Bonchev–Trinajstić information content (AvgIpc) is 2.91. The maximum atomic E-state index is 12.6. The van der Waals surface area contributed by atoms with E-state index in [4.69, 9.17) is 11.6 Å². The van der Waals surface area contributed by atoms with Crippen LogP contribution in [-0.4, -0.2) is 26.9 Å². The average molecular weight is 334 g/mol. The standard InChI is InChI=1S/C17H20ClN3O2/c1-10-5-11(3-4-15(10)18)17(23)20-16(12-6-14(22)7-12)13-8-19-21(2)9-13/h3-5,8-9,12,14,16,22H,6-7H2,1-2H3,(H,20,23)/t12?,14?,16-/m1/s1. The number of hydrogen-bond acceptors (Lipinski definition) is 3. The van der Waals surface area contributed by atoms with Gasteiger partial charge in [0.2, 0.25) is 0 Å². The fraction of sp³-hybridized carbons (Fsp3) is 0.412. The second-order valence-electron chi connectivity index (χ2n) is 6.25. The zero-order valence-corrected chi connectivity index (χ0v) is 13.9. The second kappa shape index (κ2) is 6.34. The number of carbonyl (C=O) groups is 1. The molecule has 0 saturated heterocycles. The molecule has 3 rings (SSSR count). The van der Waals surface area contributed by atoms with Crippen molar-refractivity contribution >= 4 is 17.5 Å². The van der Waals surface area contributed by atoms with Crippen LogP contribution in [0.15, 0.2) is 30.6 Å². The number of carbonyl (C=O) groups excluding carboxylic acids is 1. The van der Waals surface area contributed by atoms with Crippen molar-refractivity contribution in [2.24, 2.45) is 13.0 Å². The molecule has 1 heterocycles. The molecular formula is C17H20ClN3O2. The number of amides is 1. The highest BCUT2D eigenvalue weighted by Gasteiger charge is 2.36. The van der Waals surface area contributed by atoms with E-state index in [1.807, 2.05) is 20.2 Å². The van der Waals surface area contributed by atoms with Crippen LogP contribution in [0.5, 0.6) is 0 Å². The normalized spacial score (nSPS) is 21.6. The molecule has 2 aromatic rings. The predicted octanol–water partition coefficient (Wildman–Crippen LogP) is 2.62. The molecule has 1 atom stereocenters. The van der Waals surface area contributed by atoms with E-state index in [9.17, 15) is 9.90 Å². The van der Waals surface area contributed by atoms with Crippen LogP contribution in [-0.2, 0) is 7.05 Å². The zero-order valence-electron chi connectivity index (χ0n) is 13.2. The Bertz CT molecular complexity index is 722. The molecule has 0 bridgehead atoms. The van der Waals surface area contributed by atoms with Crippen LogP contribution in [0.4, 0.5) is 0 Å². The molecule has 0 radical (unpaired) electrons. The van der Waals surface area contributed by atoms with Crippen LogP contribution < -0.4 is 5.32 Å². The molecular weight excluding hydrogens is 314 g/mol. The molecule has 0 aliphatic heterocycles. The summed E-state index contributed by atoms with van der Waals surface area (Å²) in [4.78, 5) is 12.6. The molecule has 6 heteroatoms. The number of hydrogen-bond donors (Lipinski definition) is 2. The van der Waals surface area contributed by atoms with Gasteiger partial charge in [-0.15, -0.1) is 0 Å². The van der Waals surface area contributed by atoms with Crippen LogP contribution in [0.2, 0.25) is 5.02 Å². The molecule has 1 aromatic heterocycles. The van der Waals surface area contributed by atoms with E-state index in [1.54, 1.807) is 29.1 Å². The molecule has 0 unspecified atom stereocenters. The molecule has 0 spiro atoms. The summed E-state index contributed by atoms with van der Waals surface area (Å²) >= 11 is 6.02. The van der Waals surface area contributed by atoms with E-state index >= 15 is 0 Å². The lowest BCUT2D eigenvalue weighted by Gasteiger charge is -2.37. The Morgan fingerprint density at radius 2 is 2.22 bits per heavy atom. The van der Waals surface area contributed by atoms with Crippen molar-refractivity contribution in [3.8, 4) is 0 Å². The lowest BCUT2D eigenvalue weighted by Crippen LogP contribution is -2.41. The van der Waals surface area contributed by atoms with Crippen LogP contribution in [0.1, 0.15) is 40.4 Å². The third-order valence-electron chi connectivity index (χ3n) is 4.41. The molecule has 122 valence electrons. The number of benzene rings is 1. The monoisotopic (exact) mass is 333 g/mol. The van der Waals surface area contributed by atoms with Gasteiger partial charge in [0.25, 0.3) is 5.91 Å². The molecule has 1 fully saturated rings. The summed E-state index contributed by atoms with van der Waals surface area (Å²) in [6.07, 6.45) is 4.79. The van der Waals surface area contributed by atoms with E-state index in [1.165, 1.54) is 0 Å². The Labute approximate surface area is 140 Å². The maximum Gasteiger partial charge on any atom is 0.251 e. The van der Waals surface area contributed by atoms with Gasteiger partial charge in [0.1, 0.15) is 0 Å². The Balaban J connectivity index is 1.80. The molecule has 1 amide bonds. The quantitative estimate of drug-likeness (QED) is 0.903. The highest BCUT2D eigenvalue weighted by molar-refractivity contribution is 6.31. The minimum absolute atomic E-state index is 0.139. The van der Waals surface area contributed by atoms with Crippen molar-refractivity contribution in [2.75, 3.05) is 0 Å². The van der Waals surface area contributed by atoms with Gasteiger partial charge in [-0.1, -0.05) is 11.6 Å². The molecule has 23 heavy (non-hydrogen) atoms. The van der Waals surface area contributed by atoms with Gasteiger partial charge in [0.15, 0.2) is 0 Å². The van der Waals surface area contributed by atoms with Crippen LogP contribution in [0.3, 0.4) is 0 Å². The van der Waals surface area contributed by atoms with E-state index in [0.717, 1.165) is 11.1 Å². The second-order valence-corrected chi connectivity index (χ2v) is 6.65. The summed E-state index contributed by atoms with van der Waals surface area (Å²) in [5, 5.41) is 17.5. The molecule has 1 aliphatic rings. The first-order chi connectivity index (χ1) is 10.9. The van der Waals surface area contributed by atoms with Gasteiger partial charge in [-0.05, 0) is 49.4 Å². The van der Waals surface area contributed by atoms with Gasteiger partial charge in [-0.25, -0.2) is 0 Å². The number of aryl methyl sites for hydroxylation is 2. The number of aromatic nitrogens is 2. The van der Waals surface area contributed by atoms with Crippen LogP contribution in [0, 0.1) is 12.8 Å². The van der Waals surface area contributed by atoms with Crippen molar-refractivity contribution in [1.82, 2.24) is 15.1 Å². The minimum Gasteiger partial charge on any atom is -0.393 e. The number of nitrogens with zero attached hydrogens (tertiary/aromatic N) is 2. The van der Waals surface area contributed by atoms with Gasteiger partial charge < -0.3 is 10.4 Å². The third-order valence-corrected chi connectivity index (χ3v) is 4.84. The zero-order chi connectivity index (χ0) is 16.6. The van der Waals surface area contributed by atoms with E-state index < -0.39 is 0 Å². The minimum atomic E-state index is -0.270. The molecule has 1 aromatic carbocycles. The Hall–Kier alpha value is -1.85. The summed E-state index contributed by atoms with van der Waals surface area (Å²) in [5.74, 6) is 0.0894. The number of aliphatic hydroxyl groups is 1. The van der Waals surface area contributed by atoms with Gasteiger partial charge >= 0.3 is 0 Å². The first kappa shape index (κ1) is 16.0. The lowest BCUT2D eigenvalue weighted by molar-refractivity contribution is 0.0235. The summed E-state index contributed by atoms with van der Waals surface area (Å²) in [6, 6.07) is 5.10. The highest BCUT2D eigenvalue weighted by atomic mass is 35.5.